The van der Waals surface area contributed by atoms with E-state index in [2.05, 4.69) is 15.5 Å². The Morgan fingerprint density at radius 2 is 2.17 bits per heavy atom. The fourth-order valence-corrected chi connectivity index (χ4v) is 4.97. The van der Waals surface area contributed by atoms with Crippen LogP contribution in [0.4, 0.5) is 5.69 Å². The van der Waals surface area contributed by atoms with Crippen molar-refractivity contribution in [2.75, 3.05) is 24.2 Å². The van der Waals surface area contributed by atoms with Crippen LogP contribution in [0.15, 0.2) is 23.1 Å². The predicted octanol–water partition coefficient (Wildman–Crippen LogP) is 2.48. The van der Waals surface area contributed by atoms with Gasteiger partial charge in [0.15, 0.2) is 0 Å². The summed E-state index contributed by atoms with van der Waals surface area (Å²) in [5.74, 6) is 0.774. The minimum absolute atomic E-state index is 0.0208. The molecule has 3 aliphatic heterocycles. The molecule has 0 spiro atoms. The summed E-state index contributed by atoms with van der Waals surface area (Å²) in [5.41, 5.74) is 1.40. The fourth-order valence-electron chi connectivity index (χ4n) is 4.03. The van der Waals surface area contributed by atoms with E-state index in [1.807, 2.05) is 18.2 Å². The van der Waals surface area contributed by atoms with E-state index < -0.39 is 0 Å². The first-order valence-corrected chi connectivity index (χ1v) is 9.81. The van der Waals surface area contributed by atoms with Crippen LogP contribution in [-0.2, 0) is 4.79 Å². The predicted molar refractivity (Wildman–Crippen MR) is 95.5 cm³/mol. The normalized spacial score (nSPS) is 26.9. The third kappa shape index (κ3) is 3.17. The number of hydrogen-bond donors (Lipinski definition) is 2. The molecule has 1 aromatic carbocycles. The smallest absolute Gasteiger partial charge is 0.251 e. The van der Waals surface area contributed by atoms with Gasteiger partial charge in [-0.3, -0.25) is 14.5 Å². The van der Waals surface area contributed by atoms with Gasteiger partial charge in [-0.15, -0.1) is 11.8 Å². The molecule has 5 nitrogen and oxygen atoms in total. The number of nitrogens with zero attached hydrogens (tertiary/aromatic N) is 1. The lowest BCUT2D eigenvalue weighted by atomic mass is 9.99. The number of piperidine rings is 1. The molecule has 0 bridgehead atoms. The quantitative estimate of drug-likeness (QED) is 0.864. The van der Waals surface area contributed by atoms with Gasteiger partial charge in [-0.2, -0.15) is 0 Å². The molecule has 24 heavy (non-hydrogen) atoms. The van der Waals surface area contributed by atoms with E-state index in [0.29, 0.717) is 18.0 Å². The molecule has 2 fully saturated rings. The molecule has 0 radical (unpaired) electrons. The summed E-state index contributed by atoms with van der Waals surface area (Å²) in [6, 6.07) is 6.38. The molecule has 2 amide bonds. The van der Waals surface area contributed by atoms with Gasteiger partial charge >= 0.3 is 0 Å². The zero-order valence-electron chi connectivity index (χ0n) is 13.7. The lowest BCUT2D eigenvalue weighted by Crippen LogP contribution is -2.46. The summed E-state index contributed by atoms with van der Waals surface area (Å²) in [6.07, 6.45) is 5.27. The van der Waals surface area contributed by atoms with Crippen molar-refractivity contribution in [2.24, 2.45) is 0 Å². The highest BCUT2D eigenvalue weighted by Gasteiger charge is 2.36. The van der Waals surface area contributed by atoms with E-state index in [0.717, 1.165) is 29.3 Å². The number of hydrogen-bond acceptors (Lipinski definition) is 4. The molecule has 2 saturated heterocycles. The van der Waals surface area contributed by atoms with Crippen molar-refractivity contribution >= 4 is 29.3 Å². The van der Waals surface area contributed by atoms with E-state index in [9.17, 15) is 9.59 Å². The van der Waals surface area contributed by atoms with Crippen molar-refractivity contribution in [3.8, 4) is 0 Å². The maximum Gasteiger partial charge on any atom is 0.251 e. The van der Waals surface area contributed by atoms with Crippen LogP contribution in [0.2, 0.25) is 0 Å². The molecular formula is C18H23N3O2S. The highest BCUT2D eigenvalue weighted by molar-refractivity contribution is 7.99. The second-order valence-electron chi connectivity index (χ2n) is 6.83. The molecule has 128 valence electrons. The van der Waals surface area contributed by atoms with E-state index >= 15 is 0 Å². The van der Waals surface area contributed by atoms with Crippen LogP contribution in [0.25, 0.3) is 0 Å². The van der Waals surface area contributed by atoms with Crippen LogP contribution in [-0.4, -0.2) is 47.6 Å². The third-order valence-electron chi connectivity index (χ3n) is 5.28. The average molecular weight is 345 g/mol. The number of thioether (sulfide) groups is 1. The van der Waals surface area contributed by atoms with E-state index in [1.54, 1.807) is 11.8 Å². The van der Waals surface area contributed by atoms with Crippen molar-refractivity contribution in [3.05, 3.63) is 23.8 Å². The van der Waals surface area contributed by atoms with Crippen LogP contribution in [0.5, 0.6) is 0 Å². The SMILES string of the molecule is O=C1CCSc2ccc(C(=O)NC3CCN4CCCCC34)cc2N1. The van der Waals surface area contributed by atoms with Crippen LogP contribution in [0.1, 0.15) is 42.5 Å². The number of nitrogens with one attached hydrogen (secondary N) is 2. The van der Waals surface area contributed by atoms with E-state index in [4.69, 9.17) is 0 Å². The summed E-state index contributed by atoms with van der Waals surface area (Å²) in [4.78, 5) is 28.0. The Balaban J connectivity index is 1.48. The van der Waals surface area contributed by atoms with Gasteiger partial charge in [0.05, 0.1) is 5.69 Å². The molecule has 0 aromatic heterocycles. The van der Waals surface area contributed by atoms with E-state index in [1.165, 1.54) is 25.8 Å². The lowest BCUT2D eigenvalue weighted by Gasteiger charge is -2.32. The molecule has 2 N–H and O–H groups in total. The average Bonchev–Trinajstić information content (AvgIpc) is 2.89. The number of fused-ring (bicyclic) bond motifs is 2. The topological polar surface area (TPSA) is 61.4 Å². The maximum atomic E-state index is 12.7. The Bertz CT molecular complexity index is 664. The van der Waals surface area contributed by atoms with Crippen molar-refractivity contribution in [1.29, 1.82) is 0 Å². The second kappa shape index (κ2) is 6.76. The van der Waals surface area contributed by atoms with Gasteiger partial charge in [0.1, 0.15) is 0 Å². The summed E-state index contributed by atoms with van der Waals surface area (Å²) in [5, 5.41) is 6.14. The minimum Gasteiger partial charge on any atom is -0.348 e. The number of rotatable bonds is 2. The third-order valence-corrected chi connectivity index (χ3v) is 6.35. The number of amides is 2. The van der Waals surface area contributed by atoms with Gasteiger partial charge in [0.25, 0.3) is 5.91 Å². The Labute approximate surface area is 146 Å². The standard InChI is InChI=1S/C18H23N3O2S/c22-17-7-10-24-16-5-4-12(11-14(16)19-17)18(23)20-13-6-9-21-8-2-1-3-15(13)21/h4-5,11,13,15H,1-3,6-10H2,(H,19,22)(H,20,23). The molecule has 1 aromatic rings. The Morgan fingerprint density at radius 1 is 1.25 bits per heavy atom. The monoisotopic (exact) mass is 345 g/mol. The van der Waals surface area contributed by atoms with Gasteiger partial charge in [-0.1, -0.05) is 6.42 Å². The first-order valence-electron chi connectivity index (χ1n) is 8.82. The highest BCUT2D eigenvalue weighted by atomic mass is 32.2. The van der Waals surface area contributed by atoms with Crippen molar-refractivity contribution in [3.63, 3.8) is 0 Å². The van der Waals surface area contributed by atoms with Gasteiger partial charge in [-0.25, -0.2) is 0 Å². The van der Waals surface area contributed by atoms with Crippen LogP contribution < -0.4 is 10.6 Å². The summed E-state index contributed by atoms with van der Waals surface area (Å²) in [7, 11) is 0. The Hall–Kier alpha value is -1.53. The van der Waals surface area contributed by atoms with Crippen LogP contribution in [0.3, 0.4) is 0 Å². The zero-order valence-corrected chi connectivity index (χ0v) is 14.5. The molecule has 2 atom stereocenters. The van der Waals surface area contributed by atoms with Gasteiger partial charge in [-0.05, 0) is 44.0 Å². The van der Waals surface area contributed by atoms with Crippen molar-refractivity contribution < 1.29 is 9.59 Å². The van der Waals surface area contributed by atoms with Gasteiger partial charge < -0.3 is 10.6 Å². The van der Waals surface area contributed by atoms with Gasteiger partial charge in [0.2, 0.25) is 5.91 Å². The lowest BCUT2D eigenvalue weighted by molar-refractivity contribution is -0.115. The highest BCUT2D eigenvalue weighted by Crippen LogP contribution is 2.32. The summed E-state index contributed by atoms with van der Waals surface area (Å²) in [6.45, 7) is 2.26. The number of anilines is 1. The van der Waals surface area contributed by atoms with Crippen molar-refractivity contribution in [2.45, 2.75) is 49.1 Å². The molecule has 4 rings (SSSR count). The zero-order chi connectivity index (χ0) is 16.5. The summed E-state index contributed by atoms with van der Waals surface area (Å²) >= 11 is 1.66. The summed E-state index contributed by atoms with van der Waals surface area (Å²) < 4.78 is 0. The maximum absolute atomic E-state index is 12.7. The number of carbonyl (C=O) groups excluding carboxylic acids is 2. The molecule has 0 saturated carbocycles. The Kier molecular flexibility index (Phi) is 4.50. The second-order valence-corrected chi connectivity index (χ2v) is 7.96. The minimum atomic E-state index is -0.0290. The molecule has 2 unspecified atom stereocenters. The molecular weight excluding hydrogens is 322 g/mol. The van der Waals surface area contributed by atoms with Crippen LogP contribution >= 0.6 is 11.8 Å². The Morgan fingerprint density at radius 3 is 3.08 bits per heavy atom. The molecule has 3 heterocycles. The molecule has 6 heteroatoms. The van der Waals surface area contributed by atoms with E-state index in [-0.39, 0.29) is 17.9 Å². The first kappa shape index (κ1) is 16.0. The van der Waals surface area contributed by atoms with Crippen LogP contribution in [0, 0.1) is 0 Å². The van der Waals surface area contributed by atoms with Crippen molar-refractivity contribution in [1.82, 2.24) is 10.2 Å². The molecule has 3 aliphatic rings. The number of carbonyl (C=O) groups is 2. The molecule has 0 aliphatic carbocycles. The first-order chi connectivity index (χ1) is 11.7. The van der Waals surface area contributed by atoms with Gasteiger partial charge in [0, 0.05) is 41.3 Å². The largest absolute Gasteiger partial charge is 0.348 e. The fraction of sp³-hybridized carbons (Fsp3) is 0.556. The number of benzene rings is 1.